The summed E-state index contributed by atoms with van der Waals surface area (Å²) in [6.45, 7) is 7.00. The molecular weight excluding hydrogens is 304 g/mol. The molecule has 1 aromatic heterocycles. The third kappa shape index (κ3) is 4.27. The van der Waals surface area contributed by atoms with Crippen molar-refractivity contribution in [1.29, 1.82) is 0 Å². The molecule has 1 aliphatic rings. The molecule has 2 heterocycles. The molecule has 0 bridgehead atoms. The monoisotopic (exact) mass is 326 g/mol. The average molecular weight is 326 g/mol. The minimum absolute atomic E-state index is 0.820. The third-order valence-corrected chi connectivity index (χ3v) is 4.54. The van der Waals surface area contributed by atoms with E-state index in [4.69, 9.17) is 12.2 Å². The molecule has 1 N–H and O–H groups in total. The highest BCUT2D eigenvalue weighted by molar-refractivity contribution is 7.80. The first-order valence-corrected chi connectivity index (χ1v) is 8.36. The second-order valence-electron chi connectivity index (χ2n) is 5.87. The molecule has 1 aromatic carbocycles. The molecule has 0 spiro atoms. The summed E-state index contributed by atoms with van der Waals surface area (Å²) in [5.74, 6) is 0. The van der Waals surface area contributed by atoms with Crippen LogP contribution in [0.15, 0.2) is 48.8 Å². The molecule has 1 aliphatic heterocycles. The maximum atomic E-state index is 5.57. The highest BCUT2D eigenvalue weighted by atomic mass is 32.1. The average Bonchev–Trinajstić information content (AvgIpc) is 2.58. The van der Waals surface area contributed by atoms with Crippen molar-refractivity contribution in [1.82, 2.24) is 14.8 Å². The molecule has 120 valence electrons. The first-order valence-electron chi connectivity index (χ1n) is 7.95. The molecule has 3 rings (SSSR count). The number of hydrogen-bond acceptors (Lipinski definition) is 3. The molecule has 23 heavy (non-hydrogen) atoms. The fourth-order valence-electron chi connectivity index (χ4n) is 2.77. The van der Waals surface area contributed by atoms with E-state index in [2.05, 4.69) is 45.2 Å². The molecule has 0 aliphatic carbocycles. The van der Waals surface area contributed by atoms with Crippen LogP contribution in [0.1, 0.15) is 11.1 Å². The fourth-order valence-corrected chi connectivity index (χ4v) is 3.06. The van der Waals surface area contributed by atoms with E-state index in [1.807, 2.05) is 30.6 Å². The lowest BCUT2D eigenvalue weighted by Crippen LogP contribution is -2.49. The lowest BCUT2D eigenvalue weighted by atomic mass is 10.2. The lowest BCUT2D eigenvalue weighted by molar-refractivity contribution is 0.177. The van der Waals surface area contributed by atoms with Gasteiger partial charge in [0.2, 0.25) is 0 Å². The number of thiocarbonyl (C=S) groups is 1. The number of aromatic nitrogens is 1. The standard InChI is InChI=1S/C18H22N4S/c1-15-5-2-3-7-17(15)20-18(23)22-11-9-21(10-12-22)14-16-6-4-8-19-13-16/h2-8,13H,9-12,14H2,1H3,(H,20,23). The SMILES string of the molecule is Cc1ccccc1NC(=S)N1CCN(Cc2cccnc2)CC1. The van der Waals surface area contributed by atoms with E-state index in [1.165, 1.54) is 11.1 Å². The molecular formula is C18H22N4S. The van der Waals surface area contributed by atoms with Gasteiger partial charge in [-0.25, -0.2) is 0 Å². The Morgan fingerprint density at radius 2 is 1.91 bits per heavy atom. The van der Waals surface area contributed by atoms with Gasteiger partial charge in [0.15, 0.2) is 5.11 Å². The molecule has 1 saturated heterocycles. The zero-order valence-electron chi connectivity index (χ0n) is 13.4. The number of pyridine rings is 1. The topological polar surface area (TPSA) is 31.4 Å². The second kappa shape index (κ2) is 7.53. The summed E-state index contributed by atoms with van der Waals surface area (Å²) < 4.78 is 0. The van der Waals surface area contributed by atoms with Gasteiger partial charge in [-0.05, 0) is 42.4 Å². The van der Waals surface area contributed by atoms with Gasteiger partial charge < -0.3 is 10.2 Å². The van der Waals surface area contributed by atoms with Crippen LogP contribution in [0.3, 0.4) is 0 Å². The fraction of sp³-hybridized carbons (Fsp3) is 0.333. The Balaban J connectivity index is 1.50. The highest BCUT2D eigenvalue weighted by Crippen LogP contribution is 2.15. The van der Waals surface area contributed by atoms with E-state index in [-0.39, 0.29) is 0 Å². The minimum Gasteiger partial charge on any atom is -0.346 e. The number of nitrogens with zero attached hydrogens (tertiary/aromatic N) is 3. The van der Waals surface area contributed by atoms with Gasteiger partial charge in [-0.15, -0.1) is 0 Å². The Hall–Kier alpha value is -1.98. The molecule has 0 unspecified atom stereocenters. The highest BCUT2D eigenvalue weighted by Gasteiger charge is 2.19. The lowest BCUT2D eigenvalue weighted by Gasteiger charge is -2.36. The molecule has 2 aromatic rings. The number of para-hydroxylation sites is 1. The summed E-state index contributed by atoms with van der Waals surface area (Å²) in [6, 6.07) is 12.4. The smallest absolute Gasteiger partial charge is 0.173 e. The van der Waals surface area contributed by atoms with E-state index in [0.29, 0.717) is 0 Å². The van der Waals surface area contributed by atoms with Gasteiger partial charge in [-0.1, -0.05) is 24.3 Å². The Morgan fingerprint density at radius 1 is 1.13 bits per heavy atom. The van der Waals surface area contributed by atoms with Crippen molar-refractivity contribution in [3.63, 3.8) is 0 Å². The van der Waals surface area contributed by atoms with Gasteiger partial charge in [0, 0.05) is 50.8 Å². The van der Waals surface area contributed by atoms with Crippen LogP contribution in [0, 0.1) is 6.92 Å². The summed E-state index contributed by atoms with van der Waals surface area (Å²) in [6.07, 6.45) is 3.76. The first-order chi connectivity index (χ1) is 11.2. The number of benzene rings is 1. The van der Waals surface area contributed by atoms with Gasteiger partial charge >= 0.3 is 0 Å². The summed E-state index contributed by atoms with van der Waals surface area (Å²) in [5, 5.41) is 4.19. The Labute approximate surface area is 143 Å². The number of nitrogens with one attached hydrogen (secondary N) is 1. The van der Waals surface area contributed by atoms with E-state index in [0.717, 1.165) is 43.5 Å². The van der Waals surface area contributed by atoms with Crippen LogP contribution < -0.4 is 5.32 Å². The van der Waals surface area contributed by atoms with Crippen molar-refractivity contribution >= 4 is 23.0 Å². The third-order valence-electron chi connectivity index (χ3n) is 4.18. The predicted molar refractivity (Wildman–Crippen MR) is 98.5 cm³/mol. The number of hydrogen-bond donors (Lipinski definition) is 1. The van der Waals surface area contributed by atoms with Crippen LogP contribution in [-0.4, -0.2) is 46.1 Å². The molecule has 4 nitrogen and oxygen atoms in total. The van der Waals surface area contributed by atoms with Crippen LogP contribution in [-0.2, 0) is 6.54 Å². The number of piperazine rings is 1. The van der Waals surface area contributed by atoms with Crippen molar-refractivity contribution < 1.29 is 0 Å². The molecule has 0 atom stereocenters. The van der Waals surface area contributed by atoms with Gasteiger partial charge in [0.25, 0.3) is 0 Å². The van der Waals surface area contributed by atoms with Crippen LogP contribution >= 0.6 is 12.2 Å². The summed E-state index contributed by atoms with van der Waals surface area (Å²) >= 11 is 5.57. The van der Waals surface area contributed by atoms with Crippen molar-refractivity contribution in [2.45, 2.75) is 13.5 Å². The number of aryl methyl sites for hydroxylation is 1. The van der Waals surface area contributed by atoms with Crippen molar-refractivity contribution in [2.75, 3.05) is 31.5 Å². The first kappa shape index (κ1) is 15.9. The summed E-state index contributed by atoms with van der Waals surface area (Å²) in [4.78, 5) is 8.88. The van der Waals surface area contributed by atoms with E-state index in [9.17, 15) is 0 Å². The van der Waals surface area contributed by atoms with Crippen molar-refractivity contribution in [3.8, 4) is 0 Å². The van der Waals surface area contributed by atoms with E-state index < -0.39 is 0 Å². The molecule has 1 fully saturated rings. The van der Waals surface area contributed by atoms with Crippen molar-refractivity contribution in [2.24, 2.45) is 0 Å². The zero-order chi connectivity index (χ0) is 16.1. The molecule has 0 saturated carbocycles. The maximum Gasteiger partial charge on any atom is 0.173 e. The van der Waals surface area contributed by atoms with Gasteiger partial charge in [-0.2, -0.15) is 0 Å². The Morgan fingerprint density at radius 3 is 2.61 bits per heavy atom. The van der Waals surface area contributed by atoms with Gasteiger partial charge in [0.05, 0.1) is 0 Å². The summed E-state index contributed by atoms with van der Waals surface area (Å²) in [5.41, 5.74) is 3.57. The molecule has 0 radical (unpaired) electrons. The normalized spacial score (nSPS) is 15.4. The van der Waals surface area contributed by atoms with E-state index >= 15 is 0 Å². The molecule has 0 amide bonds. The second-order valence-corrected chi connectivity index (χ2v) is 6.26. The van der Waals surface area contributed by atoms with E-state index in [1.54, 1.807) is 0 Å². The van der Waals surface area contributed by atoms with Crippen LogP contribution in [0.25, 0.3) is 0 Å². The minimum atomic E-state index is 0.820. The van der Waals surface area contributed by atoms with Crippen LogP contribution in [0.2, 0.25) is 0 Å². The maximum absolute atomic E-state index is 5.57. The quantitative estimate of drug-likeness (QED) is 0.877. The van der Waals surface area contributed by atoms with Gasteiger partial charge in [-0.3, -0.25) is 9.88 Å². The number of anilines is 1. The van der Waals surface area contributed by atoms with Crippen LogP contribution in [0.4, 0.5) is 5.69 Å². The summed E-state index contributed by atoms with van der Waals surface area (Å²) in [7, 11) is 0. The number of rotatable bonds is 3. The Bertz CT molecular complexity index is 651. The largest absolute Gasteiger partial charge is 0.346 e. The predicted octanol–water partition coefficient (Wildman–Crippen LogP) is 2.90. The molecule has 5 heteroatoms. The van der Waals surface area contributed by atoms with Gasteiger partial charge in [0.1, 0.15) is 0 Å². The van der Waals surface area contributed by atoms with Crippen LogP contribution in [0.5, 0.6) is 0 Å². The Kier molecular flexibility index (Phi) is 5.20. The van der Waals surface area contributed by atoms with Crippen molar-refractivity contribution in [3.05, 3.63) is 59.9 Å². The zero-order valence-corrected chi connectivity index (χ0v) is 14.2.